The number of aromatic nitrogens is 3. The summed E-state index contributed by atoms with van der Waals surface area (Å²) >= 11 is 1.08. The topological polar surface area (TPSA) is 98.9 Å². The molecule has 3 saturated carbocycles. The highest BCUT2D eigenvalue weighted by atomic mass is 32.1. The second-order valence-corrected chi connectivity index (χ2v) is 15.2. The number of nitriles is 1. The average Bonchev–Trinajstić information content (AvgIpc) is 3.58. The third kappa shape index (κ3) is 5.65. The third-order valence-corrected chi connectivity index (χ3v) is 12.1. The van der Waals surface area contributed by atoms with Crippen LogP contribution in [0, 0.1) is 36.5 Å². The number of alkyl halides is 3. The van der Waals surface area contributed by atoms with E-state index in [0.717, 1.165) is 74.1 Å². The summed E-state index contributed by atoms with van der Waals surface area (Å²) < 4.78 is 41.3. The van der Waals surface area contributed by atoms with Gasteiger partial charge in [-0.05, 0) is 80.2 Å². The number of rotatable bonds is 9. The summed E-state index contributed by atoms with van der Waals surface area (Å²) in [4.78, 5) is 24.3. The minimum atomic E-state index is -4.26. The highest BCUT2D eigenvalue weighted by Crippen LogP contribution is 2.72. The Balaban J connectivity index is 1.01. The van der Waals surface area contributed by atoms with Gasteiger partial charge in [0, 0.05) is 60.0 Å². The van der Waals surface area contributed by atoms with Crippen molar-refractivity contribution in [2.45, 2.75) is 97.1 Å². The molecule has 8 rings (SSSR count). The van der Waals surface area contributed by atoms with E-state index in [-0.39, 0.29) is 27.8 Å². The first-order valence-electron chi connectivity index (χ1n) is 16.5. The molecule has 4 aliphatic rings. The molecule has 3 aromatic heterocycles. The van der Waals surface area contributed by atoms with E-state index in [1.165, 1.54) is 11.1 Å². The van der Waals surface area contributed by atoms with E-state index in [0.29, 0.717) is 39.9 Å². The smallest absolute Gasteiger partial charge is 0.367 e. The van der Waals surface area contributed by atoms with E-state index in [2.05, 4.69) is 62.1 Å². The van der Waals surface area contributed by atoms with Gasteiger partial charge in [0.1, 0.15) is 28.2 Å². The van der Waals surface area contributed by atoms with E-state index in [1.807, 2.05) is 13.0 Å². The first kappa shape index (κ1) is 31.9. The molecule has 1 saturated heterocycles. The first-order valence-corrected chi connectivity index (χ1v) is 17.3. The minimum Gasteiger partial charge on any atom is -0.367 e. The number of hydrogen-bond donors (Lipinski definition) is 2. The number of thiophene rings is 1. The van der Waals surface area contributed by atoms with Crippen LogP contribution in [0.4, 0.5) is 19.0 Å². The summed E-state index contributed by atoms with van der Waals surface area (Å²) in [6.45, 7) is 11.4. The van der Waals surface area contributed by atoms with Crippen LogP contribution in [-0.2, 0) is 24.3 Å². The average molecular weight is 664 g/mol. The van der Waals surface area contributed by atoms with E-state index in [4.69, 9.17) is 0 Å². The molecular formula is C35H40F3N7OS. The van der Waals surface area contributed by atoms with Crippen LogP contribution in [0.1, 0.15) is 73.5 Å². The van der Waals surface area contributed by atoms with Crippen molar-refractivity contribution in [2.75, 3.05) is 18.4 Å². The maximum absolute atomic E-state index is 13.0. The molecule has 1 amide bonds. The van der Waals surface area contributed by atoms with Crippen LogP contribution >= 0.6 is 11.3 Å². The molecule has 1 aromatic carbocycles. The van der Waals surface area contributed by atoms with Crippen molar-refractivity contribution < 1.29 is 18.0 Å². The normalized spacial score (nSPS) is 24.6. The lowest BCUT2D eigenvalue weighted by Gasteiger charge is -2.76. The monoisotopic (exact) mass is 663 g/mol. The number of nitrogens with zero attached hydrogens (tertiary/aromatic N) is 5. The Morgan fingerprint density at radius 3 is 2.55 bits per heavy atom. The number of likely N-dealkylation sites (tertiary alicyclic amines) is 1. The van der Waals surface area contributed by atoms with Crippen LogP contribution in [0.5, 0.6) is 0 Å². The molecule has 1 aliphatic heterocycles. The Morgan fingerprint density at radius 2 is 1.89 bits per heavy atom. The van der Waals surface area contributed by atoms with Crippen LogP contribution < -0.4 is 10.6 Å². The first-order chi connectivity index (χ1) is 22.3. The number of aryl methyl sites for hydroxylation is 2. The van der Waals surface area contributed by atoms with Crippen molar-refractivity contribution in [1.29, 1.82) is 5.26 Å². The molecule has 4 fully saturated rings. The van der Waals surface area contributed by atoms with Gasteiger partial charge in [-0.2, -0.15) is 18.4 Å². The Hall–Kier alpha value is -3.69. The zero-order chi connectivity index (χ0) is 33.3. The molecule has 47 heavy (non-hydrogen) atoms. The van der Waals surface area contributed by atoms with E-state index < -0.39 is 12.6 Å². The summed E-state index contributed by atoms with van der Waals surface area (Å²) in [6, 6.07) is 10.6. The fraction of sp³-hybridized carbons (Fsp3) is 0.543. The van der Waals surface area contributed by atoms with Gasteiger partial charge in [0.25, 0.3) is 0 Å². The van der Waals surface area contributed by atoms with Gasteiger partial charge in [-0.1, -0.05) is 19.9 Å². The number of benzene rings is 1. The van der Waals surface area contributed by atoms with Gasteiger partial charge in [0.2, 0.25) is 5.91 Å². The van der Waals surface area contributed by atoms with Crippen molar-refractivity contribution in [3.63, 3.8) is 0 Å². The molecule has 0 spiro atoms. The van der Waals surface area contributed by atoms with Gasteiger partial charge in [0.05, 0.1) is 11.8 Å². The number of halogens is 3. The van der Waals surface area contributed by atoms with E-state index in [1.54, 1.807) is 13.0 Å². The predicted octanol–water partition coefficient (Wildman–Crippen LogP) is 7.01. The maximum atomic E-state index is 13.0. The molecule has 4 aromatic rings. The summed E-state index contributed by atoms with van der Waals surface area (Å²) in [6.07, 6.45) is -1.01. The van der Waals surface area contributed by atoms with Crippen molar-refractivity contribution in [1.82, 2.24) is 24.8 Å². The minimum absolute atomic E-state index is 0.0705. The lowest BCUT2D eigenvalue weighted by atomic mass is 9.33. The Morgan fingerprint density at radius 1 is 1.15 bits per heavy atom. The number of nitrogens with one attached hydrogen (secondary N) is 2. The Bertz CT molecular complexity index is 1910. The lowest BCUT2D eigenvalue weighted by molar-refractivity contribution is -0.228. The number of carbonyl (C=O) groups is 1. The molecule has 12 heteroatoms. The largest absolute Gasteiger partial charge is 0.393 e. The number of carbonyl (C=O) groups excluding carboxylic acids is 1. The lowest BCUT2D eigenvalue weighted by Crippen LogP contribution is -2.81. The molecule has 0 radical (unpaired) electrons. The van der Waals surface area contributed by atoms with E-state index >= 15 is 0 Å². The number of fused-ring (bicyclic) bond motifs is 2. The standard InChI is InChI=1S/C35H40F3N7OS/c1-5-30(46)43-34-17-33(18-34,21(34)3)19-45-25(15-39)12-27-20(2)23(6-7-29(27)45)16-44-10-8-24(9-11-44)42-31-28-13-26(14-35(36,37)38)47-32(28)41-22(4)40-31/h6-7,12-13,21,24H,5,8-11,14,16-19H2,1-4H3,(H,43,46)(H,40,41,42)/t21-,33?,34?/m0/s1. The van der Waals surface area contributed by atoms with Gasteiger partial charge < -0.3 is 15.2 Å². The maximum Gasteiger partial charge on any atom is 0.393 e. The van der Waals surface area contributed by atoms with Gasteiger partial charge in [-0.15, -0.1) is 11.3 Å². The molecule has 248 valence electrons. The van der Waals surface area contributed by atoms with Crippen molar-refractivity contribution in [3.05, 3.63) is 51.8 Å². The van der Waals surface area contributed by atoms with Crippen molar-refractivity contribution in [3.8, 4) is 6.07 Å². The fourth-order valence-corrected chi connectivity index (χ4v) is 9.47. The quantitative estimate of drug-likeness (QED) is 0.200. The Labute approximate surface area is 276 Å². The predicted molar refractivity (Wildman–Crippen MR) is 177 cm³/mol. The van der Waals surface area contributed by atoms with Crippen LogP contribution in [-0.4, -0.2) is 56.2 Å². The zero-order valence-corrected chi connectivity index (χ0v) is 28.0. The summed E-state index contributed by atoms with van der Waals surface area (Å²) in [5, 5.41) is 18.6. The molecule has 3 aliphatic carbocycles. The summed E-state index contributed by atoms with van der Waals surface area (Å²) in [5.74, 6) is 1.65. The van der Waals surface area contributed by atoms with E-state index in [9.17, 15) is 23.2 Å². The van der Waals surface area contributed by atoms with Crippen LogP contribution in [0.25, 0.3) is 21.1 Å². The van der Waals surface area contributed by atoms with Crippen LogP contribution in [0.3, 0.4) is 0 Å². The van der Waals surface area contributed by atoms with Gasteiger partial charge in [-0.25, -0.2) is 9.97 Å². The van der Waals surface area contributed by atoms with Crippen LogP contribution in [0.15, 0.2) is 24.3 Å². The van der Waals surface area contributed by atoms with Gasteiger partial charge >= 0.3 is 6.18 Å². The van der Waals surface area contributed by atoms with Crippen LogP contribution in [0.2, 0.25) is 0 Å². The van der Waals surface area contributed by atoms with Crippen molar-refractivity contribution in [2.24, 2.45) is 11.3 Å². The molecule has 0 unspecified atom stereocenters. The number of anilines is 1. The number of piperidine rings is 1. The highest BCUT2D eigenvalue weighted by molar-refractivity contribution is 7.18. The Kier molecular flexibility index (Phi) is 7.79. The summed E-state index contributed by atoms with van der Waals surface area (Å²) in [5.41, 5.74) is 4.26. The van der Waals surface area contributed by atoms with Gasteiger partial charge in [0.15, 0.2) is 0 Å². The molecular weight excluding hydrogens is 623 g/mol. The van der Waals surface area contributed by atoms with Gasteiger partial charge in [-0.3, -0.25) is 9.69 Å². The zero-order valence-electron chi connectivity index (χ0n) is 27.2. The summed E-state index contributed by atoms with van der Waals surface area (Å²) in [7, 11) is 0. The SMILES string of the molecule is CCC(=O)NC12CC(Cn3c(C#N)cc4c(C)c(CN5CCC(Nc6nc(C)nc7sc(CC(F)(F)F)cc67)CC5)ccc43)(C1)[C@@H]2C. The molecule has 2 N–H and O–H groups in total. The fourth-order valence-electron chi connectivity index (χ4n) is 8.37. The van der Waals surface area contributed by atoms with Crippen molar-refractivity contribution >= 4 is 44.2 Å². The number of hydrogen-bond acceptors (Lipinski definition) is 7. The second-order valence-electron chi connectivity index (χ2n) is 14.0. The molecule has 2 bridgehead atoms. The molecule has 8 nitrogen and oxygen atoms in total. The molecule has 1 atom stereocenters. The second kappa shape index (κ2) is 11.5. The highest BCUT2D eigenvalue weighted by Gasteiger charge is 2.74. The third-order valence-electron chi connectivity index (χ3n) is 11.1. The number of amides is 1. The molecule has 4 heterocycles.